The Balaban J connectivity index is 1.81. The average molecular weight is 331 g/mol. The van der Waals surface area contributed by atoms with E-state index in [1.165, 1.54) is 83.5 Å². The lowest BCUT2D eigenvalue weighted by Crippen LogP contribution is -2.10. The number of rotatable bonds is 11. The summed E-state index contributed by atoms with van der Waals surface area (Å²) in [6.07, 6.45) is 19.0. The van der Waals surface area contributed by atoms with Gasteiger partial charge in [-0.3, -0.25) is 0 Å². The second kappa shape index (κ2) is 11.2. The molecule has 0 bridgehead atoms. The normalized spacial score (nSPS) is 27.0. The average Bonchev–Trinajstić information content (AvgIpc) is 2.73. The molecule has 0 aromatic carbocycles. The Morgan fingerprint density at radius 1 is 0.789 bits per heavy atom. The van der Waals surface area contributed by atoms with Crippen LogP contribution in [0.3, 0.4) is 0 Å². The first-order chi connectivity index (χ1) is 9.25. The van der Waals surface area contributed by atoms with Gasteiger partial charge in [0.05, 0.1) is 0 Å². The summed E-state index contributed by atoms with van der Waals surface area (Å²) in [4.78, 5) is 0.806. The quantitative estimate of drug-likeness (QED) is 0.279. The predicted molar refractivity (Wildman–Crippen MR) is 91.1 cm³/mol. The Kier molecular flexibility index (Phi) is 10.3. The van der Waals surface area contributed by atoms with E-state index in [2.05, 4.69) is 29.8 Å². The lowest BCUT2D eigenvalue weighted by molar-refractivity contribution is 0.378. The van der Waals surface area contributed by atoms with E-state index < -0.39 is 0 Å². The Morgan fingerprint density at radius 2 is 1.32 bits per heavy atom. The van der Waals surface area contributed by atoms with Crippen molar-refractivity contribution in [3.8, 4) is 0 Å². The van der Waals surface area contributed by atoms with E-state index in [1.807, 2.05) is 0 Å². The fourth-order valence-corrected chi connectivity index (χ4v) is 4.19. The fourth-order valence-electron chi connectivity index (χ4n) is 3.50. The van der Waals surface area contributed by atoms with Crippen LogP contribution in [0.1, 0.15) is 97.3 Å². The van der Waals surface area contributed by atoms with Crippen LogP contribution < -0.4 is 0 Å². The molecule has 0 heterocycles. The van der Waals surface area contributed by atoms with Gasteiger partial charge in [0.15, 0.2) is 0 Å². The minimum atomic E-state index is 0.806. The summed E-state index contributed by atoms with van der Waals surface area (Å²) >= 11 is 3.81. The van der Waals surface area contributed by atoms with E-state index in [1.54, 1.807) is 0 Å². The standard InChI is InChI=1S/C18H35Br/c1-3-4-5-6-7-8-9-10-11-12-13-17-14-15-18(19)16(17)2/h16-18H,3-15H2,1-2H3. The molecule has 114 valence electrons. The van der Waals surface area contributed by atoms with Crippen LogP contribution in [0.15, 0.2) is 0 Å². The Bertz CT molecular complexity index is 202. The van der Waals surface area contributed by atoms with Gasteiger partial charge in [-0.25, -0.2) is 0 Å². The first-order valence-electron chi connectivity index (χ1n) is 8.89. The molecule has 0 amide bonds. The molecule has 0 aromatic rings. The van der Waals surface area contributed by atoms with Crippen molar-refractivity contribution in [2.75, 3.05) is 0 Å². The topological polar surface area (TPSA) is 0 Å². The van der Waals surface area contributed by atoms with Crippen molar-refractivity contribution >= 4 is 15.9 Å². The van der Waals surface area contributed by atoms with Gasteiger partial charge < -0.3 is 0 Å². The van der Waals surface area contributed by atoms with Crippen LogP contribution in [-0.4, -0.2) is 4.83 Å². The maximum absolute atomic E-state index is 3.81. The monoisotopic (exact) mass is 330 g/mol. The molecule has 1 heteroatoms. The molecule has 19 heavy (non-hydrogen) atoms. The summed E-state index contributed by atoms with van der Waals surface area (Å²) in [5, 5.41) is 0. The van der Waals surface area contributed by atoms with Crippen LogP contribution >= 0.6 is 15.9 Å². The van der Waals surface area contributed by atoms with Crippen molar-refractivity contribution < 1.29 is 0 Å². The molecule has 0 aliphatic heterocycles. The molecule has 1 aliphatic rings. The van der Waals surface area contributed by atoms with Gasteiger partial charge in [-0.15, -0.1) is 0 Å². The third-order valence-electron chi connectivity index (χ3n) is 5.06. The van der Waals surface area contributed by atoms with Crippen molar-refractivity contribution in [1.82, 2.24) is 0 Å². The Hall–Kier alpha value is 0.480. The van der Waals surface area contributed by atoms with Crippen LogP contribution in [0.5, 0.6) is 0 Å². The minimum absolute atomic E-state index is 0.806. The van der Waals surface area contributed by atoms with Crippen LogP contribution in [0.4, 0.5) is 0 Å². The van der Waals surface area contributed by atoms with Gasteiger partial charge in [-0.1, -0.05) is 100 Å². The van der Waals surface area contributed by atoms with E-state index in [4.69, 9.17) is 0 Å². The molecule has 0 N–H and O–H groups in total. The van der Waals surface area contributed by atoms with Crippen LogP contribution in [0.2, 0.25) is 0 Å². The Labute approximate surface area is 130 Å². The zero-order chi connectivity index (χ0) is 13.9. The second-order valence-corrected chi connectivity index (χ2v) is 7.86. The number of halogens is 1. The number of hydrogen-bond donors (Lipinski definition) is 0. The Morgan fingerprint density at radius 3 is 1.79 bits per heavy atom. The summed E-state index contributed by atoms with van der Waals surface area (Å²) in [6, 6.07) is 0. The molecule has 1 fully saturated rings. The number of alkyl halides is 1. The predicted octanol–water partition coefficient (Wildman–Crippen LogP) is 7.11. The highest BCUT2D eigenvalue weighted by molar-refractivity contribution is 9.09. The summed E-state index contributed by atoms with van der Waals surface area (Å²) in [7, 11) is 0. The van der Waals surface area contributed by atoms with Gasteiger partial charge in [-0.2, -0.15) is 0 Å². The number of unbranched alkanes of at least 4 members (excludes halogenated alkanes) is 9. The lowest BCUT2D eigenvalue weighted by Gasteiger charge is -2.16. The SMILES string of the molecule is CCCCCCCCCCCCC1CCC(Br)C1C. The maximum Gasteiger partial charge on any atom is 0.0174 e. The van der Waals surface area contributed by atoms with Crippen LogP contribution in [0, 0.1) is 11.8 Å². The van der Waals surface area contributed by atoms with Gasteiger partial charge in [0.1, 0.15) is 0 Å². The van der Waals surface area contributed by atoms with E-state index in [-0.39, 0.29) is 0 Å². The van der Waals surface area contributed by atoms with Gasteiger partial charge in [0, 0.05) is 4.83 Å². The van der Waals surface area contributed by atoms with Crippen molar-refractivity contribution in [2.24, 2.45) is 11.8 Å². The first-order valence-corrected chi connectivity index (χ1v) is 9.81. The highest BCUT2D eigenvalue weighted by atomic mass is 79.9. The molecule has 0 aromatic heterocycles. The van der Waals surface area contributed by atoms with Crippen molar-refractivity contribution in [1.29, 1.82) is 0 Å². The molecule has 0 nitrogen and oxygen atoms in total. The summed E-state index contributed by atoms with van der Waals surface area (Å²) in [5.74, 6) is 1.93. The first kappa shape index (κ1) is 17.5. The fraction of sp³-hybridized carbons (Fsp3) is 1.00. The van der Waals surface area contributed by atoms with E-state index in [9.17, 15) is 0 Å². The minimum Gasteiger partial charge on any atom is -0.0888 e. The molecule has 1 saturated carbocycles. The van der Waals surface area contributed by atoms with E-state index in [0.29, 0.717) is 0 Å². The molecular formula is C18H35Br. The maximum atomic E-state index is 3.81. The van der Waals surface area contributed by atoms with E-state index >= 15 is 0 Å². The van der Waals surface area contributed by atoms with Crippen LogP contribution in [-0.2, 0) is 0 Å². The third kappa shape index (κ3) is 7.73. The van der Waals surface area contributed by atoms with Gasteiger partial charge in [0.2, 0.25) is 0 Å². The molecule has 0 spiro atoms. The molecule has 3 atom stereocenters. The lowest BCUT2D eigenvalue weighted by atomic mass is 9.92. The largest absolute Gasteiger partial charge is 0.0888 e. The third-order valence-corrected chi connectivity index (χ3v) is 6.35. The zero-order valence-corrected chi connectivity index (χ0v) is 14.9. The van der Waals surface area contributed by atoms with E-state index in [0.717, 1.165) is 16.7 Å². The highest BCUT2D eigenvalue weighted by Crippen LogP contribution is 2.39. The van der Waals surface area contributed by atoms with Gasteiger partial charge >= 0.3 is 0 Å². The van der Waals surface area contributed by atoms with Crippen molar-refractivity contribution in [3.63, 3.8) is 0 Å². The van der Waals surface area contributed by atoms with Crippen molar-refractivity contribution in [3.05, 3.63) is 0 Å². The summed E-state index contributed by atoms with van der Waals surface area (Å²) < 4.78 is 0. The van der Waals surface area contributed by atoms with Crippen molar-refractivity contribution in [2.45, 2.75) is 102 Å². The zero-order valence-electron chi connectivity index (χ0n) is 13.3. The molecule has 0 saturated heterocycles. The van der Waals surface area contributed by atoms with Gasteiger partial charge in [0.25, 0.3) is 0 Å². The number of hydrogen-bond acceptors (Lipinski definition) is 0. The highest BCUT2D eigenvalue weighted by Gasteiger charge is 2.29. The smallest absolute Gasteiger partial charge is 0.0174 e. The summed E-state index contributed by atoms with van der Waals surface area (Å²) in [6.45, 7) is 4.73. The molecular weight excluding hydrogens is 296 g/mol. The molecule has 1 rings (SSSR count). The van der Waals surface area contributed by atoms with Gasteiger partial charge in [-0.05, 0) is 24.7 Å². The molecule has 0 radical (unpaired) electrons. The molecule has 1 aliphatic carbocycles. The molecule has 3 unspecified atom stereocenters. The van der Waals surface area contributed by atoms with Crippen LogP contribution in [0.25, 0.3) is 0 Å². The summed E-state index contributed by atoms with van der Waals surface area (Å²) in [5.41, 5.74) is 0. The second-order valence-electron chi connectivity index (χ2n) is 6.68.